The molecule has 110 valence electrons. The number of rotatable bonds is 3. The molecule has 0 bridgehead atoms. The number of nitrogens with two attached hydrogens (primary N) is 1. The first-order valence-corrected chi connectivity index (χ1v) is 6.85. The maximum atomic E-state index is 11.5. The second-order valence-electron chi connectivity index (χ2n) is 4.94. The largest absolute Gasteiger partial charge is 0.464 e. The molecule has 2 aromatic rings. The Morgan fingerprint density at radius 2 is 1.81 bits per heavy atom. The van der Waals surface area contributed by atoms with Gasteiger partial charge in [0.15, 0.2) is 5.82 Å². The van der Waals surface area contributed by atoms with Gasteiger partial charge in [0.05, 0.1) is 12.8 Å². The number of nitrogens with zero attached hydrogens (tertiary/aromatic N) is 4. The van der Waals surface area contributed by atoms with Gasteiger partial charge in [0, 0.05) is 18.8 Å². The minimum absolute atomic E-state index is 0.0288. The maximum absolute atomic E-state index is 11.5. The van der Waals surface area contributed by atoms with Crippen molar-refractivity contribution in [3.8, 4) is 5.69 Å². The Bertz CT molecular complexity index is 644. The Labute approximate surface area is 122 Å². The molecule has 0 amide bonds. The summed E-state index contributed by atoms with van der Waals surface area (Å²) in [4.78, 5) is 13.8. The van der Waals surface area contributed by atoms with Gasteiger partial charge in [-0.05, 0) is 37.1 Å². The van der Waals surface area contributed by atoms with Crippen LogP contribution in [0.25, 0.3) is 5.69 Å². The van der Waals surface area contributed by atoms with E-state index in [0.717, 1.165) is 18.8 Å². The Balaban J connectivity index is 1.87. The number of methoxy groups -OCH3 is 1. The van der Waals surface area contributed by atoms with Crippen LogP contribution in [0.2, 0.25) is 0 Å². The van der Waals surface area contributed by atoms with Gasteiger partial charge in [-0.2, -0.15) is 4.68 Å². The van der Waals surface area contributed by atoms with E-state index in [-0.39, 0.29) is 11.5 Å². The van der Waals surface area contributed by atoms with Gasteiger partial charge in [0.1, 0.15) is 0 Å². The summed E-state index contributed by atoms with van der Waals surface area (Å²) in [5.41, 5.74) is 7.87. The summed E-state index contributed by atoms with van der Waals surface area (Å²) < 4.78 is 6.04. The van der Waals surface area contributed by atoms with Crippen LogP contribution in [-0.2, 0) is 4.74 Å². The molecule has 1 aromatic heterocycles. The SMILES string of the molecule is COC(=O)c1nnn(-c2ccc(N3CCCC3)cc2)c1N. The number of ether oxygens (including phenoxy) is 1. The van der Waals surface area contributed by atoms with Crippen LogP contribution in [0, 0.1) is 0 Å². The van der Waals surface area contributed by atoms with Gasteiger partial charge in [0.25, 0.3) is 0 Å². The molecule has 0 radical (unpaired) electrons. The number of carbonyl (C=O) groups is 1. The highest BCUT2D eigenvalue weighted by Gasteiger charge is 2.19. The average Bonchev–Trinajstić information content (AvgIpc) is 3.16. The molecule has 2 N–H and O–H groups in total. The monoisotopic (exact) mass is 287 g/mol. The lowest BCUT2D eigenvalue weighted by molar-refractivity contribution is 0.0595. The molecule has 1 aromatic carbocycles. The van der Waals surface area contributed by atoms with Crippen molar-refractivity contribution in [3.63, 3.8) is 0 Å². The zero-order valence-electron chi connectivity index (χ0n) is 11.8. The highest BCUT2D eigenvalue weighted by atomic mass is 16.5. The summed E-state index contributed by atoms with van der Waals surface area (Å²) in [5, 5.41) is 7.68. The van der Waals surface area contributed by atoms with Crippen LogP contribution in [0.1, 0.15) is 23.3 Å². The molecule has 7 heteroatoms. The third kappa shape index (κ3) is 2.42. The van der Waals surface area contributed by atoms with Crippen molar-refractivity contribution in [3.05, 3.63) is 30.0 Å². The van der Waals surface area contributed by atoms with Gasteiger partial charge in [-0.15, -0.1) is 5.10 Å². The second kappa shape index (κ2) is 5.43. The molecule has 0 aliphatic carbocycles. The van der Waals surface area contributed by atoms with E-state index in [4.69, 9.17) is 5.73 Å². The van der Waals surface area contributed by atoms with Gasteiger partial charge in [-0.1, -0.05) is 5.21 Å². The van der Waals surface area contributed by atoms with Crippen molar-refractivity contribution >= 4 is 17.5 Å². The molecule has 3 rings (SSSR count). The molecule has 1 aliphatic heterocycles. The fraction of sp³-hybridized carbons (Fsp3) is 0.357. The van der Waals surface area contributed by atoms with Crippen LogP contribution in [0.4, 0.5) is 11.5 Å². The topological polar surface area (TPSA) is 86.3 Å². The standard InChI is InChI=1S/C14H17N5O2/c1-21-14(20)12-13(15)19(17-16-12)11-6-4-10(5-7-11)18-8-2-3-9-18/h4-7H,2-3,8-9,15H2,1H3. The summed E-state index contributed by atoms with van der Waals surface area (Å²) in [6.45, 7) is 2.19. The van der Waals surface area contributed by atoms with Crippen LogP contribution in [0.15, 0.2) is 24.3 Å². The summed E-state index contributed by atoms with van der Waals surface area (Å²) >= 11 is 0. The predicted octanol–water partition coefficient (Wildman–Crippen LogP) is 1.24. The van der Waals surface area contributed by atoms with Crippen molar-refractivity contribution in [2.24, 2.45) is 0 Å². The van der Waals surface area contributed by atoms with E-state index in [9.17, 15) is 4.79 Å². The molecule has 1 fully saturated rings. The van der Waals surface area contributed by atoms with E-state index in [1.54, 1.807) is 0 Å². The van der Waals surface area contributed by atoms with E-state index in [2.05, 4.69) is 19.9 Å². The van der Waals surface area contributed by atoms with Crippen molar-refractivity contribution in [2.45, 2.75) is 12.8 Å². The highest BCUT2D eigenvalue weighted by Crippen LogP contribution is 2.23. The number of benzene rings is 1. The molecular formula is C14H17N5O2. The molecular weight excluding hydrogens is 270 g/mol. The van der Waals surface area contributed by atoms with Crippen LogP contribution < -0.4 is 10.6 Å². The summed E-state index contributed by atoms with van der Waals surface area (Å²) in [6, 6.07) is 7.89. The quantitative estimate of drug-likeness (QED) is 0.855. The smallest absolute Gasteiger partial charge is 0.362 e. The zero-order chi connectivity index (χ0) is 14.8. The third-order valence-corrected chi connectivity index (χ3v) is 3.65. The minimum Gasteiger partial charge on any atom is -0.464 e. The van der Waals surface area contributed by atoms with E-state index >= 15 is 0 Å². The van der Waals surface area contributed by atoms with Crippen LogP contribution >= 0.6 is 0 Å². The molecule has 0 atom stereocenters. The molecule has 7 nitrogen and oxygen atoms in total. The van der Waals surface area contributed by atoms with Crippen LogP contribution in [-0.4, -0.2) is 41.2 Å². The number of esters is 1. The van der Waals surface area contributed by atoms with Gasteiger partial charge in [0.2, 0.25) is 5.69 Å². The highest BCUT2D eigenvalue weighted by molar-refractivity contribution is 5.92. The lowest BCUT2D eigenvalue weighted by atomic mass is 10.2. The Kier molecular flexibility index (Phi) is 3.47. The summed E-state index contributed by atoms with van der Waals surface area (Å²) in [5.74, 6) is -0.414. The third-order valence-electron chi connectivity index (χ3n) is 3.65. The Morgan fingerprint density at radius 1 is 1.19 bits per heavy atom. The molecule has 1 saturated heterocycles. The Hall–Kier alpha value is -2.57. The number of hydrogen-bond donors (Lipinski definition) is 1. The molecule has 21 heavy (non-hydrogen) atoms. The lowest BCUT2D eigenvalue weighted by Crippen LogP contribution is -2.17. The van der Waals surface area contributed by atoms with Crippen LogP contribution in [0.5, 0.6) is 0 Å². The second-order valence-corrected chi connectivity index (χ2v) is 4.94. The van der Waals surface area contributed by atoms with Crippen molar-refractivity contribution in [2.75, 3.05) is 30.8 Å². The van der Waals surface area contributed by atoms with Crippen LogP contribution in [0.3, 0.4) is 0 Å². The molecule has 0 unspecified atom stereocenters. The van der Waals surface area contributed by atoms with Gasteiger partial charge >= 0.3 is 5.97 Å². The number of anilines is 2. The van der Waals surface area contributed by atoms with Crippen molar-refractivity contribution in [1.29, 1.82) is 0 Å². The van der Waals surface area contributed by atoms with Gasteiger partial charge in [-0.3, -0.25) is 0 Å². The fourth-order valence-corrected chi connectivity index (χ4v) is 2.50. The summed E-state index contributed by atoms with van der Waals surface area (Å²) in [7, 11) is 1.28. The number of aromatic nitrogens is 3. The number of nitrogen functional groups attached to an aromatic ring is 1. The first-order chi connectivity index (χ1) is 10.2. The zero-order valence-corrected chi connectivity index (χ0v) is 11.8. The fourth-order valence-electron chi connectivity index (χ4n) is 2.50. The average molecular weight is 287 g/mol. The first kappa shape index (κ1) is 13.4. The van der Waals surface area contributed by atoms with Gasteiger partial charge in [-0.25, -0.2) is 4.79 Å². The maximum Gasteiger partial charge on any atom is 0.362 e. The van der Waals surface area contributed by atoms with E-state index in [0.29, 0.717) is 0 Å². The minimum atomic E-state index is -0.590. The van der Waals surface area contributed by atoms with E-state index in [1.165, 1.54) is 30.3 Å². The summed E-state index contributed by atoms with van der Waals surface area (Å²) in [6.07, 6.45) is 2.47. The van der Waals surface area contributed by atoms with E-state index in [1.807, 2.05) is 24.3 Å². The number of hydrogen-bond acceptors (Lipinski definition) is 6. The molecule has 0 saturated carbocycles. The first-order valence-electron chi connectivity index (χ1n) is 6.85. The number of carbonyl (C=O) groups excluding carboxylic acids is 1. The molecule has 0 spiro atoms. The predicted molar refractivity (Wildman–Crippen MR) is 78.6 cm³/mol. The van der Waals surface area contributed by atoms with Gasteiger partial charge < -0.3 is 15.4 Å². The lowest BCUT2D eigenvalue weighted by Gasteiger charge is -2.17. The van der Waals surface area contributed by atoms with E-state index < -0.39 is 5.97 Å². The van der Waals surface area contributed by atoms with Crippen molar-refractivity contribution < 1.29 is 9.53 Å². The van der Waals surface area contributed by atoms with Crippen molar-refractivity contribution in [1.82, 2.24) is 15.0 Å². The molecule has 1 aliphatic rings. The normalized spacial score (nSPS) is 14.4. The Morgan fingerprint density at radius 3 is 2.43 bits per heavy atom. The molecule has 2 heterocycles.